The molecule has 0 aliphatic carbocycles. The van der Waals surface area contributed by atoms with Gasteiger partial charge in [-0.15, -0.1) is 0 Å². The number of hydrogen-bond acceptors (Lipinski definition) is 5. The second kappa shape index (κ2) is 9.52. The Kier molecular flexibility index (Phi) is 7.66. The number of amides is 1. The summed E-state index contributed by atoms with van der Waals surface area (Å²) >= 11 is 0. The van der Waals surface area contributed by atoms with Crippen molar-refractivity contribution in [3.63, 3.8) is 0 Å². The first kappa shape index (κ1) is 20.9. The van der Waals surface area contributed by atoms with Crippen LogP contribution in [0.25, 0.3) is 0 Å². The van der Waals surface area contributed by atoms with Gasteiger partial charge in [0.15, 0.2) is 5.96 Å². The number of nitrogens with zero attached hydrogens (tertiary/aromatic N) is 3. The third-order valence-corrected chi connectivity index (χ3v) is 5.95. The second-order valence-corrected chi connectivity index (χ2v) is 8.75. The van der Waals surface area contributed by atoms with E-state index >= 15 is 0 Å². The van der Waals surface area contributed by atoms with Gasteiger partial charge in [-0.05, 0) is 26.7 Å². The number of guanidine groups is 1. The van der Waals surface area contributed by atoms with E-state index in [1.807, 2.05) is 9.80 Å². The minimum Gasteiger partial charge on any atom is -0.368 e. The van der Waals surface area contributed by atoms with Crippen molar-refractivity contribution in [3.8, 4) is 0 Å². The number of carbonyl (C=O) groups is 1. The minimum absolute atomic E-state index is 0.0122. The lowest BCUT2D eigenvalue weighted by Crippen LogP contribution is -2.55. The first-order valence-electron chi connectivity index (χ1n) is 9.18. The molecule has 1 unspecified atom stereocenters. The predicted octanol–water partition coefficient (Wildman–Crippen LogP) is -0.787. The van der Waals surface area contributed by atoms with Gasteiger partial charge in [-0.2, -0.15) is 0 Å². The Morgan fingerprint density at radius 1 is 1.23 bits per heavy atom. The zero-order valence-corrected chi connectivity index (χ0v) is 16.7. The average molecular weight is 390 g/mol. The normalized spacial score (nSPS) is 22.2. The Morgan fingerprint density at radius 3 is 2.42 bits per heavy atom. The van der Waals surface area contributed by atoms with E-state index in [0.717, 1.165) is 12.8 Å². The Balaban J connectivity index is 1.76. The second-order valence-electron chi connectivity index (χ2n) is 6.88. The zero-order valence-electron chi connectivity index (χ0n) is 15.9. The molecule has 0 bridgehead atoms. The number of carbonyl (C=O) groups excluding carboxylic acids is 1. The van der Waals surface area contributed by atoms with E-state index in [-0.39, 0.29) is 30.4 Å². The van der Waals surface area contributed by atoms with Gasteiger partial charge in [-0.3, -0.25) is 9.79 Å². The lowest BCUT2D eigenvalue weighted by Gasteiger charge is -2.37. The van der Waals surface area contributed by atoms with Crippen LogP contribution in [0.15, 0.2) is 4.99 Å². The molecule has 2 N–H and O–H groups in total. The Morgan fingerprint density at radius 2 is 1.88 bits per heavy atom. The van der Waals surface area contributed by atoms with E-state index in [1.54, 1.807) is 20.9 Å². The fourth-order valence-corrected chi connectivity index (χ4v) is 4.37. The largest absolute Gasteiger partial charge is 0.368 e. The lowest BCUT2D eigenvalue weighted by atomic mass is 10.2. The molecule has 26 heavy (non-hydrogen) atoms. The SMILES string of the molecule is CN=C(NCCS(=O)(=O)NC(C)C)N1CCN(C(=O)C2CCCO2)CC1. The average Bonchev–Trinajstić information content (AvgIpc) is 3.12. The summed E-state index contributed by atoms with van der Waals surface area (Å²) in [7, 11) is -1.62. The number of piperazine rings is 1. The molecular formula is C16H31N5O4S. The summed E-state index contributed by atoms with van der Waals surface area (Å²) in [5, 5.41) is 3.10. The highest BCUT2D eigenvalue weighted by Crippen LogP contribution is 2.16. The van der Waals surface area contributed by atoms with Crippen molar-refractivity contribution >= 4 is 21.9 Å². The van der Waals surface area contributed by atoms with Gasteiger partial charge in [0.1, 0.15) is 6.10 Å². The van der Waals surface area contributed by atoms with Crippen molar-refractivity contribution in [2.24, 2.45) is 4.99 Å². The Hall–Kier alpha value is -1.39. The molecule has 0 aromatic carbocycles. The fourth-order valence-electron chi connectivity index (χ4n) is 3.16. The number of sulfonamides is 1. The first-order valence-corrected chi connectivity index (χ1v) is 10.8. The van der Waals surface area contributed by atoms with Crippen LogP contribution in [0.4, 0.5) is 0 Å². The molecule has 2 aliphatic heterocycles. The molecule has 150 valence electrons. The summed E-state index contributed by atoms with van der Waals surface area (Å²) in [5.41, 5.74) is 0. The standard InChI is InChI=1S/C16H31N5O4S/c1-13(2)19-26(23,24)12-6-18-16(17-3)21-9-7-20(8-10-21)15(22)14-5-4-11-25-14/h13-14,19H,4-12H2,1-3H3,(H,17,18). The molecule has 0 aromatic heterocycles. The highest BCUT2D eigenvalue weighted by molar-refractivity contribution is 7.89. The van der Waals surface area contributed by atoms with Gasteiger partial charge in [0, 0.05) is 52.4 Å². The van der Waals surface area contributed by atoms with Gasteiger partial charge < -0.3 is 19.9 Å². The van der Waals surface area contributed by atoms with E-state index in [4.69, 9.17) is 4.74 Å². The number of rotatable bonds is 6. The van der Waals surface area contributed by atoms with Gasteiger partial charge in [-0.25, -0.2) is 13.1 Å². The van der Waals surface area contributed by atoms with Gasteiger partial charge >= 0.3 is 0 Å². The third kappa shape index (κ3) is 6.10. The molecule has 0 saturated carbocycles. The maximum Gasteiger partial charge on any atom is 0.251 e. The van der Waals surface area contributed by atoms with Crippen molar-refractivity contribution in [1.82, 2.24) is 19.8 Å². The fraction of sp³-hybridized carbons (Fsp3) is 0.875. The molecule has 1 atom stereocenters. The van der Waals surface area contributed by atoms with Crippen molar-refractivity contribution in [3.05, 3.63) is 0 Å². The summed E-state index contributed by atoms with van der Waals surface area (Å²) in [6, 6.07) is -0.117. The number of hydrogen-bond donors (Lipinski definition) is 2. The molecule has 2 heterocycles. The highest BCUT2D eigenvalue weighted by atomic mass is 32.2. The molecule has 9 nitrogen and oxygen atoms in total. The van der Waals surface area contributed by atoms with E-state index < -0.39 is 10.0 Å². The molecule has 0 aromatic rings. The summed E-state index contributed by atoms with van der Waals surface area (Å²) < 4.78 is 31.8. The summed E-state index contributed by atoms with van der Waals surface area (Å²) in [6.45, 7) is 7.09. The smallest absolute Gasteiger partial charge is 0.251 e. The van der Waals surface area contributed by atoms with Crippen LogP contribution in [-0.4, -0.2) is 94.4 Å². The molecule has 0 spiro atoms. The molecule has 10 heteroatoms. The van der Waals surface area contributed by atoms with E-state index in [1.165, 1.54) is 0 Å². The topological polar surface area (TPSA) is 103 Å². The summed E-state index contributed by atoms with van der Waals surface area (Å²) in [4.78, 5) is 20.5. The van der Waals surface area contributed by atoms with Gasteiger partial charge in [-0.1, -0.05) is 0 Å². The first-order chi connectivity index (χ1) is 12.3. The van der Waals surface area contributed by atoms with Crippen molar-refractivity contribution in [2.75, 3.05) is 52.1 Å². The van der Waals surface area contributed by atoms with Crippen LogP contribution in [0.3, 0.4) is 0 Å². The van der Waals surface area contributed by atoms with E-state index in [9.17, 15) is 13.2 Å². The molecular weight excluding hydrogens is 358 g/mol. The maximum absolute atomic E-state index is 12.4. The van der Waals surface area contributed by atoms with Crippen LogP contribution in [-0.2, 0) is 19.6 Å². The summed E-state index contributed by atoms with van der Waals surface area (Å²) in [6.07, 6.45) is 1.47. The number of ether oxygens (including phenoxy) is 1. The van der Waals surface area contributed by atoms with E-state index in [0.29, 0.717) is 38.7 Å². The Bertz CT molecular complexity index is 594. The van der Waals surface area contributed by atoms with Gasteiger partial charge in [0.2, 0.25) is 10.0 Å². The molecule has 2 saturated heterocycles. The maximum atomic E-state index is 12.4. The highest BCUT2D eigenvalue weighted by Gasteiger charge is 2.30. The van der Waals surface area contributed by atoms with Crippen LogP contribution < -0.4 is 10.0 Å². The van der Waals surface area contributed by atoms with Crippen LogP contribution in [0.5, 0.6) is 0 Å². The third-order valence-electron chi connectivity index (χ3n) is 4.38. The molecule has 1 amide bonds. The lowest BCUT2D eigenvalue weighted by molar-refractivity contribution is -0.142. The van der Waals surface area contributed by atoms with Crippen LogP contribution in [0, 0.1) is 0 Å². The van der Waals surface area contributed by atoms with Crippen molar-refractivity contribution in [1.29, 1.82) is 0 Å². The quantitative estimate of drug-likeness (QED) is 0.456. The molecule has 0 radical (unpaired) electrons. The summed E-state index contributed by atoms with van der Waals surface area (Å²) in [5.74, 6) is 0.728. The zero-order chi connectivity index (χ0) is 19.2. The van der Waals surface area contributed by atoms with E-state index in [2.05, 4.69) is 15.0 Å². The molecule has 2 fully saturated rings. The van der Waals surface area contributed by atoms with Gasteiger partial charge in [0.05, 0.1) is 5.75 Å². The van der Waals surface area contributed by atoms with Crippen molar-refractivity contribution in [2.45, 2.75) is 38.8 Å². The van der Waals surface area contributed by atoms with Crippen LogP contribution in [0.2, 0.25) is 0 Å². The Labute approximate surface area is 156 Å². The predicted molar refractivity (Wildman–Crippen MR) is 101 cm³/mol. The van der Waals surface area contributed by atoms with Crippen LogP contribution >= 0.6 is 0 Å². The van der Waals surface area contributed by atoms with Crippen molar-refractivity contribution < 1.29 is 17.9 Å². The number of nitrogens with one attached hydrogen (secondary N) is 2. The molecule has 2 rings (SSSR count). The number of aliphatic imine (C=N–C) groups is 1. The monoisotopic (exact) mass is 389 g/mol. The minimum atomic E-state index is -3.30. The van der Waals surface area contributed by atoms with Crippen LogP contribution in [0.1, 0.15) is 26.7 Å². The van der Waals surface area contributed by atoms with Gasteiger partial charge in [0.25, 0.3) is 5.91 Å². The molecule has 2 aliphatic rings.